The van der Waals surface area contributed by atoms with Gasteiger partial charge in [0.25, 0.3) is 0 Å². The molecule has 7 heteroatoms. The molecule has 0 aliphatic heterocycles. The third-order valence-electron chi connectivity index (χ3n) is 3.62. The first-order valence-electron chi connectivity index (χ1n) is 8.73. The average Bonchev–Trinajstić information content (AvgIpc) is 2.60. The summed E-state index contributed by atoms with van der Waals surface area (Å²) in [5, 5.41) is 3.09. The number of esters is 1. The summed E-state index contributed by atoms with van der Waals surface area (Å²) in [6.07, 6.45) is 2.37. The Bertz CT molecular complexity index is 549. The minimum absolute atomic E-state index is 0.0582. The monoisotopic (exact) mass is 350 g/mol. The smallest absolute Gasteiger partial charge is 0.338 e. The van der Waals surface area contributed by atoms with Crippen LogP contribution in [0.1, 0.15) is 36.3 Å². The van der Waals surface area contributed by atoms with Crippen LogP contribution in [0.2, 0.25) is 0 Å². The average molecular weight is 350 g/mol. The highest BCUT2D eigenvalue weighted by atomic mass is 16.5. The standard InChI is InChI=1S/C18H30N4O3/c1-5-11-25-18(24)15-7-8-20-16(12-15)13-19-14-17(23)22(6-2)10-9-21(3)4/h7-8,12,19H,5-6,9-11,13-14H2,1-4H3. The number of carbonyl (C=O) groups excluding carboxylic acids is 2. The fraction of sp³-hybridized carbons (Fsp3) is 0.611. The second-order valence-electron chi connectivity index (χ2n) is 6.05. The molecule has 1 amide bonds. The van der Waals surface area contributed by atoms with Crippen molar-refractivity contribution >= 4 is 11.9 Å². The van der Waals surface area contributed by atoms with Gasteiger partial charge in [-0.05, 0) is 39.6 Å². The van der Waals surface area contributed by atoms with Crippen molar-refractivity contribution in [1.29, 1.82) is 0 Å². The summed E-state index contributed by atoms with van der Waals surface area (Å²) in [7, 11) is 3.97. The van der Waals surface area contributed by atoms with Crippen molar-refractivity contribution < 1.29 is 14.3 Å². The number of amides is 1. The lowest BCUT2D eigenvalue weighted by molar-refractivity contribution is -0.130. The largest absolute Gasteiger partial charge is 0.462 e. The molecule has 0 radical (unpaired) electrons. The molecule has 0 fully saturated rings. The second kappa shape index (κ2) is 11.5. The Morgan fingerprint density at radius 3 is 2.64 bits per heavy atom. The number of aromatic nitrogens is 1. The number of ether oxygens (including phenoxy) is 1. The van der Waals surface area contributed by atoms with Crippen LogP contribution in [0.15, 0.2) is 18.3 Å². The molecule has 0 aromatic carbocycles. The first-order valence-corrected chi connectivity index (χ1v) is 8.73. The number of hydrogen-bond donors (Lipinski definition) is 1. The van der Waals surface area contributed by atoms with E-state index >= 15 is 0 Å². The van der Waals surface area contributed by atoms with Crippen molar-refractivity contribution in [3.63, 3.8) is 0 Å². The molecule has 25 heavy (non-hydrogen) atoms. The minimum atomic E-state index is -0.345. The second-order valence-corrected chi connectivity index (χ2v) is 6.05. The molecule has 1 aromatic heterocycles. The third-order valence-corrected chi connectivity index (χ3v) is 3.62. The Labute approximate surface area is 150 Å². The highest BCUT2D eigenvalue weighted by molar-refractivity contribution is 5.89. The lowest BCUT2D eigenvalue weighted by atomic mass is 10.2. The van der Waals surface area contributed by atoms with E-state index in [0.717, 1.165) is 13.0 Å². The first kappa shape index (κ1) is 21.1. The number of nitrogens with zero attached hydrogens (tertiary/aromatic N) is 3. The predicted molar refractivity (Wildman–Crippen MR) is 97.3 cm³/mol. The van der Waals surface area contributed by atoms with Gasteiger partial charge in [0.2, 0.25) is 5.91 Å². The quantitative estimate of drug-likeness (QED) is 0.604. The van der Waals surface area contributed by atoms with Gasteiger partial charge in [0.1, 0.15) is 0 Å². The molecule has 0 aliphatic rings. The van der Waals surface area contributed by atoms with E-state index in [0.29, 0.717) is 37.5 Å². The van der Waals surface area contributed by atoms with Gasteiger partial charge in [-0.3, -0.25) is 9.78 Å². The number of nitrogens with one attached hydrogen (secondary N) is 1. The van der Waals surface area contributed by atoms with Crippen molar-refractivity contribution in [1.82, 2.24) is 20.1 Å². The van der Waals surface area contributed by atoms with Crippen LogP contribution < -0.4 is 5.32 Å². The van der Waals surface area contributed by atoms with Crippen LogP contribution in [-0.4, -0.2) is 73.5 Å². The SMILES string of the molecule is CCCOC(=O)c1ccnc(CNCC(=O)N(CC)CCN(C)C)c1. The van der Waals surface area contributed by atoms with Crippen LogP contribution in [0, 0.1) is 0 Å². The van der Waals surface area contributed by atoms with Crippen LogP contribution in [0.4, 0.5) is 0 Å². The van der Waals surface area contributed by atoms with Crippen LogP contribution in [-0.2, 0) is 16.1 Å². The third kappa shape index (κ3) is 8.09. The molecule has 0 spiro atoms. The molecule has 0 bridgehead atoms. The summed E-state index contributed by atoms with van der Waals surface area (Å²) in [6.45, 7) is 7.22. The van der Waals surface area contributed by atoms with Crippen LogP contribution in [0.25, 0.3) is 0 Å². The van der Waals surface area contributed by atoms with E-state index in [4.69, 9.17) is 4.74 Å². The fourth-order valence-corrected chi connectivity index (χ4v) is 2.17. The summed E-state index contributed by atoms with van der Waals surface area (Å²) < 4.78 is 5.12. The van der Waals surface area contributed by atoms with Gasteiger partial charge in [0, 0.05) is 32.4 Å². The van der Waals surface area contributed by atoms with Crippen LogP contribution >= 0.6 is 0 Å². The van der Waals surface area contributed by atoms with Crippen molar-refractivity contribution in [3.8, 4) is 0 Å². The highest BCUT2D eigenvalue weighted by Gasteiger charge is 2.12. The Kier molecular flexibility index (Phi) is 9.72. The van der Waals surface area contributed by atoms with Crippen LogP contribution in [0.5, 0.6) is 0 Å². The zero-order chi connectivity index (χ0) is 18.7. The number of rotatable bonds is 11. The predicted octanol–water partition coefficient (Wildman–Crippen LogP) is 1.15. The van der Waals surface area contributed by atoms with Gasteiger partial charge in [0.05, 0.1) is 24.4 Å². The number of hydrogen-bond acceptors (Lipinski definition) is 6. The normalized spacial score (nSPS) is 10.8. The van der Waals surface area contributed by atoms with Gasteiger partial charge in [-0.15, -0.1) is 0 Å². The lowest BCUT2D eigenvalue weighted by Gasteiger charge is -2.23. The molecule has 1 aromatic rings. The summed E-state index contributed by atoms with van der Waals surface area (Å²) in [4.78, 5) is 32.2. The number of pyridine rings is 1. The summed E-state index contributed by atoms with van der Waals surface area (Å²) >= 11 is 0. The molecule has 7 nitrogen and oxygen atoms in total. The molecule has 0 atom stereocenters. The lowest BCUT2D eigenvalue weighted by Crippen LogP contribution is -2.41. The van der Waals surface area contributed by atoms with E-state index in [2.05, 4.69) is 15.2 Å². The zero-order valence-corrected chi connectivity index (χ0v) is 15.7. The van der Waals surface area contributed by atoms with Crippen molar-refractivity contribution in [3.05, 3.63) is 29.6 Å². The molecule has 0 unspecified atom stereocenters. The Morgan fingerprint density at radius 2 is 2.00 bits per heavy atom. The van der Waals surface area contributed by atoms with Crippen molar-refractivity contribution in [2.45, 2.75) is 26.8 Å². The molecule has 1 N–H and O–H groups in total. The maximum atomic E-state index is 12.2. The number of likely N-dealkylation sites (N-methyl/N-ethyl adjacent to an activating group) is 2. The van der Waals surface area contributed by atoms with E-state index in [-0.39, 0.29) is 18.4 Å². The van der Waals surface area contributed by atoms with E-state index < -0.39 is 0 Å². The zero-order valence-electron chi connectivity index (χ0n) is 15.7. The minimum Gasteiger partial charge on any atom is -0.462 e. The molecular formula is C18H30N4O3. The molecule has 0 aliphatic carbocycles. The Hall–Kier alpha value is -1.99. The van der Waals surface area contributed by atoms with Gasteiger partial charge >= 0.3 is 5.97 Å². The number of carbonyl (C=O) groups is 2. The van der Waals surface area contributed by atoms with Gasteiger partial charge in [-0.2, -0.15) is 0 Å². The van der Waals surface area contributed by atoms with Crippen molar-refractivity contribution in [2.24, 2.45) is 0 Å². The molecule has 1 rings (SSSR count). The van der Waals surface area contributed by atoms with E-state index in [1.165, 1.54) is 0 Å². The van der Waals surface area contributed by atoms with Crippen LogP contribution in [0.3, 0.4) is 0 Å². The fourth-order valence-electron chi connectivity index (χ4n) is 2.17. The summed E-state index contributed by atoms with van der Waals surface area (Å²) in [6, 6.07) is 3.33. The van der Waals surface area contributed by atoms with Gasteiger partial charge in [-0.1, -0.05) is 6.92 Å². The maximum Gasteiger partial charge on any atom is 0.338 e. The summed E-state index contributed by atoms with van der Waals surface area (Å²) in [5.41, 5.74) is 1.18. The van der Waals surface area contributed by atoms with Gasteiger partial charge in [0.15, 0.2) is 0 Å². The van der Waals surface area contributed by atoms with Gasteiger partial charge in [-0.25, -0.2) is 4.79 Å². The topological polar surface area (TPSA) is 74.8 Å². The van der Waals surface area contributed by atoms with Gasteiger partial charge < -0.3 is 19.9 Å². The summed E-state index contributed by atoms with van der Waals surface area (Å²) in [5.74, 6) is -0.287. The highest BCUT2D eigenvalue weighted by Crippen LogP contribution is 2.04. The van der Waals surface area contributed by atoms with Crippen molar-refractivity contribution in [2.75, 3.05) is 46.9 Å². The van der Waals surface area contributed by atoms with E-state index in [9.17, 15) is 9.59 Å². The Balaban J connectivity index is 2.47. The van der Waals surface area contributed by atoms with E-state index in [1.54, 1.807) is 18.3 Å². The molecule has 0 saturated carbocycles. The molecule has 0 saturated heterocycles. The molecule has 1 heterocycles. The molecule has 140 valence electrons. The Morgan fingerprint density at radius 1 is 1.24 bits per heavy atom. The first-order chi connectivity index (χ1) is 12.0. The maximum absolute atomic E-state index is 12.2. The van der Waals surface area contributed by atoms with E-state index in [1.807, 2.05) is 32.8 Å². The molecular weight excluding hydrogens is 320 g/mol.